The van der Waals surface area contributed by atoms with Gasteiger partial charge in [0, 0.05) is 30.3 Å². The van der Waals surface area contributed by atoms with Crippen LogP contribution in [0.1, 0.15) is 25.1 Å². The molecule has 3 N–H and O–H groups in total. The predicted molar refractivity (Wildman–Crippen MR) is 68.5 cm³/mol. The number of aryl methyl sites for hydroxylation is 1. The van der Waals surface area contributed by atoms with E-state index < -0.39 is 0 Å². The molecule has 0 aliphatic rings. The van der Waals surface area contributed by atoms with Gasteiger partial charge in [-0.25, -0.2) is 0 Å². The van der Waals surface area contributed by atoms with E-state index in [1.165, 1.54) is 0 Å². The summed E-state index contributed by atoms with van der Waals surface area (Å²) in [6.07, 6.45) is 0.0910. The molecule has 0 fully saturated rings. The Balaban J connectivity index is 2.51. The van der Waals surface area contributed by atoms with Crippen molar-refractivity contribution in [3.63, 3.8) is 0 Å². The van der Waals surface area contributed by atoms with E-state index in [9.17, 15) is 9.59 Å². The van der Waals surface area contributed by atoms with Gasteiger partial charge in [-0.3, -0.25) is 14.7 Å². The van der Waals surface area contributed by atoms with Crippen molar-refractivity contribution in [2.24, 2.45) is 5.41 Å². The van der Waals surface area contributed by atoms with Crippen LogP contribution in [0.3, 0.4) is 0 Å². The molecule has 18 heavy (non-hydrogen) atoms. The number of aromatic nitrogens is 2. The molecule has 0 spiro atoms. The highest BCUT2D eigenvalue weighted by molar-refractivity contribution is 5.78. The number of carbonyl (C=O) groups excluding carboxylic acids is 1. The van der Waals surface area contributed by atoms with Crippen LogP contribution >= 0.6 is 0 Å². The quantitative estimate of drug-likeness (QED) is 0.685. The molecule has 1 rings (SSSR count). The molecule has 0 aliphatic heterocycles. The zero-order chi connectivity index (χ0) is 13.8. The highest BCUT2D eigenvalue weighted by Gasteiger charge is 2.19. The maximum Gasteiger partial charge on any atom is 0.267 e. The molecular formula is C12H21N3O3. The van der Waals surface area contributed by atoms with E-state index >= 15 is 0 Å². The average molecular weight is 255 g/mol. The van der Waals surface area contributed by atoms with Gasteiger partial charge in [0.2, 0.25) is 5.91 Å². The second kappa shape index (κ2) is 5.86. The molecule has 1 amide bonds. The molecule has 0 radical (unpaired) electrons. The molecule has 6 nitrogen and oxygen atoms in total. The Hall–Kier alpha value is -1.56. The van der Waals surface area contributed by atoms with Crippen molar-refractivity contribution in [1.29, 1.82) is 0 Å². The van der Waals surface area contributed by atoms with Crippen molar-refractivity contribution in [2.75, 3.05) is 20.3 Å². The lowest BCUT2D eigenvalue weighted by molar-refractivity contribution is -0.121. The third-order valence-corrected chi connectivity index (χ3v) is 2.73. The van der Waals surface area contributed by atoms with Crippen LogP contribution in [0.4, 0.5) is 0 Å². The summed E-state index contributed by atoms with van der Waals surface area (Å²) >= 11 is 0. The van der Waals surface area contributed by atoms with Crippen LogP contribution in [-0.4, -0.2) is 36.4 Å². The Morgan fingerprint density at radius 1 is 1.39 bits per heavy atom. The minimum atomic E-state index is -0.237. The molecule has 1 aromatic heterocycles. The van der Waals surface area contributed by atoms with Gasteiger partial charge in [-0.05, 0) is 6.92 Å². The summed E-state index contributed by atoms with van der Waals surface area (Å²) in [6, 6.07) is 0. The molecule has 0 saturated carbocycles. The summed E-state index contributed by atoms with van der Waals surface area (Å²) in [5, 5.41) is 7.97. The third-order valence-electron chi connectivity index (χ3n) is 2.73. The van der Waals surface area contributed by atoms with Crippen LogP contribution in [0.15, 0.2) is 4.79 Å². The predicted octanol–water partition coefficient (Wildman–Crippen LogP) is 0.343. The number of hydrogen-bond acceptors (Lipinski definition) is 3. The summed E-state index contributed by atoms with van der Waals surface area (Å²) in [7, 11) is 1.63. The maximum absolute atomic E-state index is 11.7. The fraction of sp³-hybridized carbons (Fsp3) is 0.667. The lowest BCUT2D eigenvalue weighted by atomic mass is 9.95. The monoisotopic (exact) mass is 255 g/mol. The highest BCUT2D eigenvalue weighted by atomic mass is 16.5. The number of rotatable bonds is 6. The Morgan fingerprint density at radius 3 is 2.56 bits per heavy atom. The second-order valence-electron chi connectivity index (χ2n) is 5.23. The van der Waals surface area contributed by atoms with E-state index in [2.05, 4.69) is 15.5 Å². The van der Waals surface area contributed by atoms with Gasteiger partial charge in [0.1, 0.15) is 0 Å². The lowest BCUT2D eigenvalue weighted by Gasteiger charge is -2.23. The van der Waals surface area contributed by atoms with E-state index in [0.29, 0.717) is 24.4 Å². The largest absolute Gasteiger partial charge is 0.384 e. The van der Waals surface area contributed by atoms with Gasteiger partial charge in [0.15, 0.2) is 0 Å². The molecule has 1 aromatic rings. The fourth-order valence-electron chi connectivity index (χ4n) is 1.69. The molecular weight excluding hydrogens is 234 g/mol. The number of aromatic amines is 2. The molecule has 0 aromatic carbocycles. The molecule has 0 atom stereocenters. The number of amides is 1. The first-order valence-electron chi connectivity index (χ1n) is 5.87. The number of methoxy groups -OCH3 is 1. The van der Waals surface area contributed by atoms with E-state index in [0.717, 1.165) is 0 Å². The minimum absolute atomic E-state index is 0.0910. The maximum atomic E-state index is 11.7. The lowest BCUT2D eigenvalue weighted by Crippen LogP contribution is -2.37. The van der Waals surface area contributed by atoms with Crippen molar-refractivity contribution in [3.05, 3.63) is 21.6 Å². The Labute approximate surface area is 106 Å². The topological polar surface area (TPSA) is 87.0 Å². The van der Waals surface area contributed by atoms with Crippen LogP contribution in [0.2, 0.25) is 0 Å². The Morgan fingerprint density at radius 2 is 2.06 bits per heavy atom. The minimum Gasteiger partial charge on any atom is -0.384 e. The highest BCUT2D eigenvalue weighted by Crippen LogP contribution is 2.13. The first kappa shape index (κ1) is 14.5. The normalized spacial score (nSPS) is 11.6. The third kappa shape index (κ3) is 4.03. The SMILES string of the molecule is COCC(C)(C)CNC(=O)Cc1c(C)[nH][nH]c1=O. The van der Waals surface area contributed by atoms with Crippen molar-refractivity contribution in [1.82, 2.24) is 15.5 Å². The molecule has 0 aliphatic carbocycles. The first-order chi connectivity index (χ1) is 8.35. The van der Waals surface area contributed by atoms with Crippen LogP contribution in [-0.2, 0) is 16.0 Å². The molecule has 0 bridgehead atoms. The van der Waals surface area contributed by atoms with E-state index in [4.69, 9.17) is 4.74 Å². The summed E-state index contributed by atoms with van der Waals surface area (Å²) in [5.41, 5.74) is 0.825. The van der Waals surface area contributed by atoms with Crippen LogP contribution in [0.25, 0.3) is 0 Å². The van der Waals surface area contributed by atoms with Gasteiger partial charge in [-0.15, -0.1) is 0 Å². The summed E-state index contributed by atoms with van der Waals surface area (Å²) < 4.78 is 5.07. The Bertz CT molecular complexity index is 459. The van der Waals surface area contributed by atoms with Gasteiger partial charge in [0.05, 0.1) is 13.0 Å². The summed E-state index contributed by atoms with van der Waals surface area (Å²) in [4.78, 5) is 23.1. The van der Waals surface area contributed by atoms with Crippen molar-refractivity contribution in [3.8, 4) is 0 Å². The molecule has 102 valence electrons. The van der Waals surface area contributed by atoms with Crippen molar-refractivity contribution >= 4 is 5.91 Å². The Kier molecular flexibility index (Phi) is 4.72. The zero-order valence-corrected chi connectivity index (χ0v) is 11.3. The number of nitrogens with one attached hydrogen (secondary N) is 3. The van der Waals surface area contributed by atoms with Crippen molar-refractivity contribution < 1.29 is 9.53 Å². The molecule has 6 heteroatoms. The van der Waals surface area contributed by atoms with Crippen LogP contribution in [0.5, 0.6) is 0 Å². The molecule has 0 saturated heterocycles. The number of ether oxygens (including phenoxy) is 1. The second-order valence-corrected chi connectivity index (χ2v) is 5.23. The molecule has 0 unspecified atom stereocenters. The van der Waals surface area contributed by atoms with Crippen molar-refractivity contribution in [2.45, 2.75) is 27.2 Å². The number of H-pyrrole nitrogens is 2. The summed E-state index contributed by atoms with van der Waals surface area (Å²) in [6.45, 7) is 6.85. The van der Waals surface area contributed by atoms with Gasteiger partial charge < -0.3 is 15.2 Å². The fourth-order valence-corrected chi connectivity index (χ4v) is 1.69. The average Bonchev–Trinajstić information content (AvgIpc) is 2.58. The zero-order valence-electron chi connectivity index (χ0n) is 11.3. The molecule has 1 heterocycles. The first-order valence-corrected chi connectivity index (χ1v) is 5.87. The van der Waals surface area contributed by atoms with E-state index in [-0.39, 0.29) is 23.3 Å². The van der Waals surface area contributed by atoms with E-state index in [1.807, 2.05) is 13.8 Å². The van der Waals surface area contributed by atoms with Crippen LogP contribution in [0, 0.1) is 12.3 Å². The van der Waals surface area contributed by atoms with Gasteiger partial charge in [-0.2, -0.15) is 0 Å². The van der Waals surface area contributed by atoms with Crippen LogP contribution < -0.4 is 10.9 Å². The summed E-state index contributed by atoms with van der Waals surface area (Å²) in [5.74, 6) is -0.160. The smallest absolute Gasteiger partial charge is 0.267 e. The number of hydrogen-bond donors (Lipinski definition) is 3. The van der Waals surface area contributed by atoms with E-state index in [1.54, 1.807) is 14.0 Å². The van der Waals surface area contributed by atoms with Gasteiger partial charge in [0.25, 0.3) is 5.56 Å². The standard InChI is InChI=1S/C12H21N3O3/c1-8-9(11(17)15-14-8)5-10(16)13-6-12(2,3)7-18-4/h5-7H2,1-4H3,(H,13,16)(H2,14,15,17). The number of carbonyl (C=O) groups is 1. The van der Waals surface area contributed by atoms with Gasteiger partial charge >= 0.3 is 0 Å². The van der Waals surface area contributed by atoms with Gasteiger partial charge in [-0.1, -0.05) is 13.8 Å².